The number of unbranched alkanes of at least 4 members (excludes halogenated alkanes) is 4. The van der Waals surface area contributed by atoms with Crippen LogP contribution in [-0.2, 0) is 19.0 Å². The van der Waals surface area contributed by atoms with Gasteiger partial charge in [-0.25, -0.2) is 4.98 Å². The van der Waals surface area contributed by atoms with Crippen molar-refractivity contribution in [2.24, 2.45) is 0 Å². The Morgan fingerprint density at radius 2 is 1.53 bits per heavy atom. The van der Waals surface area contributed by atoms with Crippen LogP contribution in [0.15, 0.2) is 54.7 Å². The molecule has 3 rings (SSSR count). The Bertz CT molecular complexity index is 1030. The van der Waals surface area contributed by atoms with Gasteiger partial charge < -0.3 is 10.6 Å². The first kappa shape index (κ1) is 25.5. The van der Waals surface area contributed by atoms with E-state index in [-0.39, 0.29) is 11.8 Å². The van der Waals surface area contributed by atoms with Gasteiger partial charge in [0.2, 0.25) is 5.95 Å². The normalized spacial score (nSPS) is 11.4. The number of para-hydroxylation sites is 1. The van der Waals surface area contributed by atoms with Crippen LogP contribution in [0.5, 0.6) is 0 Å². The first-order valence-electron chi connectivity index (χ1n) is 12.1. The summed E-state index contributed by atoms with van der Waals surface area (Å²) in [5.74, 6) is -0.154. The minimum atomic E-state index is -4.57. The molecule has 4 nitrogen and oxygen atoms in total. The molecule has 182 valence electrons. The van der Waals surface area contributed by atoms with Gasteiger partial charge in [0.05, 0.1) is 0 Å². The maximum absolute atomic E-state index is 13.7. The van der Waals surface area contributed by atoms with E-state index in [0.717, 1.165) is 49.6 Å². The van der Waals surface area contributed by atoms with Gasteiger partial charge in [-0.05, 0) is 55.0 Å². The third-order valence-electron chi connectivity index (χ3n) is 5.69. The van der Waals surface area contributed by atoms with Crippen LogP contribution in [0.2, 0.25) is 0 Å². The average Bonchev–Trinajstić information content (AvgIpc) is 2.82. The Labute approximate surface area is 200 Å². The van der Waals surface area contributed by atoms with Crippen molar-refractivity contribution >= 4 is 23.1 Å². The first-order valence-corrected chi connectivity index (χ1v) is 12.1. The molecule has 3 aromatic rings. The van der Waals surface area contributed by atoms with Crippen LogP contribution in [0.3, 0.4) is 0 Å². The molecule has 0 atom stereocenters. The highest BCUT2D eigenvalue weighted by atomic mass is 19.4. The lowest BCUT2D eigenvalue weighted by Gasteiger charge is -2.17. The van der Waals surface area contributed by atoms with Gasteiger partial charge in [-0.1, -0.05) is 69.9 Å². The maximum atomic E-state index is 13.7. The van der Waals surface area contributed by atoms with Gasteiger partial charge in [0.15, 0.2) is 0 Å². The second-order valence-corrected chi connectivity index (χ2v) is 8.47. The standard InChI is InChI=1S/C27H33F3N4/c1-3-5-7-8-11-20-15-17-22(18-16-20)32-26-31-19-23(27(28,29)30)25(34-26)33-24-14-10-9-13-21(24)12-6-4-2/h9-10,13-19H,3-8,11-12H2,1-2H3,(H2,31,32,33,34). The quantitative estimate of drug-likeness (QED) is 0.261. The molecule has 7 heteroatoms. The molecule has 0 saturated carbocycles. The van der Waals surface area contributed by atoms with E-state index in [1.165, 1.54) is 24.8 Å². The topological polar surface area (TPSA) is 49.8 Å². The number of alkyl halides is 3. The van der Waals surface area contributed by atoms with E-state index in [4.69, 9.17) is 0 Å². The van der Waals surface area contributed by atoms with Crippen molar-refractivity contribution in [1.29, 1.82) is 0 Å². The largest absolute Gasteiger partial charge is 0.421 e. The van der Waals surface area contributed by atoms with Gasteiger partial charge in [0, 0.05) is 17.6 Å². The molecule has 0 bridgehead atoms. The van der Waals surface area contributed by atoms with E-state index in [9.17, 15) is 13.2 Å². The van der Waals surface area contributed by atoms with Crippen molar-refractivity contribution in [2.75, 3.05) is 10.6 Å². The summed E-state index contributed by atoms with van der Waals surface area (Å²) in [6, 6.07) is 15.3. The number of hydrogen-bond donors (Lipinski definition) is 2. The summed E-state index contributed by atoms with van der Waals surface area (Å²) in [4.78, 5) is 8.12. The summed E-state index contributed by atoms with van der Waals surface area (Å²) in [5.41, 5.74) is 2.65. The number of aromatic nitrogens is 2. The van der Waals surface area contributed by atoms with Crippen molar-refractivity contribution in [3.8, 4) is 0 Å². The smallest absolute Gasteiger partial charge is 0.339 e. The monoisotopic (exact) mass is 470 g/mol. The molecular formula is C27H33F3N4. The molecule has 2 N–H and O–H groups in total. The van der Waals surface area contributed by atoms with E-state index in [1.807, 2.05) is 36.4 Å². The molecule has 0 aliphatic heterocycles. The van der Waals surface area contributed by atoms with Gasteiger partial charge in [-0.2, -0.15) is 18.2 Å². The van der Waals surface area contributed by atoms with Crippen LogP contribution < -0.4 is 10.6 Å². The Morgan fingerprint density at radius 1 is 0.794 bits per heavy atom. The fourth-order valence-corrected chi connectivity index (χ4v) is 3.74. The number of aryl methyl sites for hydroxylation is 2. The van der Waals surface area contributed by atoms with Crippen LogP contribution in [0, 0.1) is 0 Å². The zero-order valence-electron chi connectivity index (χ0n) is 19.9. The van der Waals surface area contributed by atoms with Gasteiger partial charge in [0.1, 0.15) is 11.4 Å². The molecule has 34 heavy (non-hydrogen) atoms. The molecule has 1 heterocycles. The van der Waals surface area contributed by atoms with Gasteiger partial charge in [-0.3, -0.25) is 0 Å². The van der Waals surface area contributed by atoms with E-state index >= 15 is 0 Å². The number of nitrogens with one attached hydrogen (secondary N) is 2. The predicted octanol–water partition coefficient (Wildman–Crippen LogP) is 8.45. The van der Waals surface area contributed by atoms with Gasteiger partial charge in [-0.15, -0.1) is 0 Å². The van der Waals surface area contributed by atoms with Crippen molar-refractivity contribution < 1.29 is 13.2 Å². The predicted molar refractivity (Wildman–Crippen MR) is 133 cm³/mol. The van der Waals surface area contributed by atoms with Crippen LogP contribution in [-0.4, -0.2) is 9.97 Å². The minimum absolute atomic E-state index is 0.109. The van der Waals surface area contributed by atoms with Crippen LogP contribution >= 0.6 is 0 Å². The Balaban J connectivity index is 1.78. The molecule has 0 aliphatic carbocycles. The highest BCUT2D eigenvalue weighted by molar-refractivity contribution is 5.65. The molecule has 0 amide bonds. The maximum Gasteiger partial charge on any atom is 0.421 e. The number of anilines is 4. The summed E-state index contributed by atoms with van der Waals surface area (Å²) in [6.07, 6.45) is 4.82. The number of benzene rings is 2. The fraction of sp³-hybridized carbons (Fsp3) is 0.407. The second kappa shape index (κ2) is 12.4. The third kappa shape index (κ3) is 7.47. The van der Waals surface area contributed by atoms with Crippen molar-refractivity contribution in [1.82, 2.24) is 9.97 Å². The first-order chi connectivity index (χ1) is 16.4. The molecule has 0 unspecified atom stereocenters. The Kier molecular flexibility index (Phi) is 9.31. The highest BCUT2D eigenvalue weighted by Gasteiger charge is 2.35. The molecule has 2 aromatic carbocycles. The lowest BCUT2D eigenvalue weighted by atomic mass is 10.1. The average molecular weight is 471 g/mol. The van der Waals surface area contributed by atoms with Crippen molar-refractivity contribution in [3.63, 3.8) is 0 Å². The van der Waals surface area contributed by atoms with Crippen LogP contribution in [0.25, 0.3) is 0 Å². The van der Waals surface area contributed by atoms with Gasteiger partial charge >= 0.3 is 6.18 Å². The van der Waals surface area contributed by atoms with Crippen molar-refractivity contribution in [2.45, 2.75) is 71.4 Å². The number of halogens is 3. The Morgan fingerprint density at radius 3 is 2.24 bits per heavy atom. The van der Waals surface area contributed by atoms with Gasteiger partial charge in [0.25, 0.3) is 0 Å². The lowest BCUT2D eigenvalue weighted by molar-refractivity contribution is -0.137. The zero-order chi connectivity index (χ0) is 24.4. The second-order valence-electron chi connectivity index (χ2n) is 8.47. The Hall–Kier alpha value is -3.09. The summed E-state index contributed by atoms with van der Waals surface area (Å²) >= 11 is 0. The molecule has 0 spiro atoms. The van der Waals surface area contributed by atoms with E-state index < -0.39 is 11.7 Å². The molecule has 0 fully saturated rings. The molecular weight excluding hydrogens is 437 g/mol. The van der Waals surface area contributed by atoms with E-state index in [0.29, 0.717) is 5.69 Å². The summed E-state index contributed by atoms with van der Waals surface area (Å²) < 4.78 is 41.0. The van der Waals surface area contributed by atoms with Crippen molar-refractivity contribution in [3.05, 3.63) is 71.4 Å². The fourth-order valence-electron chi connectivity index (χ4n) is 3.74. The number of hydrogen-bond acceptors (Lipinski definition) is 4. The molecule has 0 aliphatic rings. The van der Waals surface area contributed by atoms with E-state index in [2.05, 4.69) is 34.4 Å². The molecule has 0 radical (unpaired) electrons. The summed E-state index contributed by atoms with van der Waals surface area (Å²) in [5, 5.41) is 5.95. The van der Waals surface area contributed by atoms with Crippen LogP contribution in [0.4, 0.5) is 36.3 Å². The zero-order valence-corrected chi connectivity index (χ0v) is 19.9. The molecule has 0 saturated heterocycles. The van der Waals surface area contributed by atoms with Crippen LogP contribution in [0.1, 0.15) is 69.1 Å². The highest BCUT2D eigenvalue weighted by Crippen LogP contribution is 2.36. The SMILES string of the molecule is CCCCCCc1ccc(Nc2ncc(C(F)(F)F)c(Nc3ccccc3CCCC)n2)cc1. The van der Waals surface area contributed by atoms with E-state index in [1.54, 1.807) is 12.1 Å². The summed E-state index contributed by atoms with van der Waals surface area (Å²) in [7, 11) is 0. The summed E-state index contributed by atoms with van der Waals surface area (Å²) in [6.45, 7) is 4.27. The molecule has 1 aromatic heterocycles. The lowest BCUT2D eigenvalue weighted by Crippen LogP contribution is -2.13. The minimum Gasteiger partial charge on any atom is -0.339 e. The number of rotatable bonds is 12. The number of nitrogens with zero attached hydrogens (tertiary/aromatic N) is 2. The third-order valence-corrected chi connectivity index (χ3v) is 5.69.